The number of carboxylic acids is 1. The largest absolute Gasteiger partial charge is 0.485 e. The lowest BCUT2D eigenvalue weighted by molar-refractivity contribution is -0.136. The van der Waals surface area contributed by atoms with Gasteiger partial charge in [0.2, 0.25) is 0 Å². The normalized spacial score (nSPS) is 12.3. The van der Waals surface area contributed by atoms with Crippen LogP contribution in [0.4, 0.5) is 8.78 Å². The zero-order valence-electron chi connectivity index (χ0n) is 18.5. The predicted octanol–water partition coefficient (Wildman–Crippen LogP) is 6.18. The van der Waals surface area contributed by atoms with Crippen molar-refractivity contribution >= 4 is 23.2 Å². The van der Waals surface area contributed by atoms with Gasteiger partial charge in [0, 0.05) is 23.9 Å². The Morgan fingerprint density at radius 1 is 1.12 bits per heavy atom. The minimum atomic E-state index is -2.87. The molecule has 2 N–H and O–H groups in total. The molecular weight excluding hydrogens is 448 g/mol. The van der Waals surface area contributed by atoms with Crippen LogP contribution in [0.3, 0.4) is 0 Å². The smallest absolute Gasteiger partial charge is 0.305 e. The van der Waals surface area contributed by atoms with Crippen LogP contribution in [0.25, 0.3) is 11.1 Å². The number of hydrogen-bond acceptors (Lipinski definition) is 4. The second kappa shape index (κ2) is 10.1. The van der Waals surface area contributed by atoms with Gasteiger partial charge in [0.1, 0.15) is 11.9 Å². The first-order valence-corrected chi connectivity index (χ1v) is 11.2. The van der Waals surface area contributed by atoms with Gasteiger partial charge in [0.05, 0.1) is 11.3 Å². The van der Waals surface area contributed by atoms with Crippen LogP contribution in [0.1, 0.15) is 52.0 Å². The van der Waals surface area contributed by atoms with Crippen molar-refractivity contribution in [3.8, 4) is 16.9 Å². The second-order valence-corrected chi connectivity index (χ2v) is 8.92. The molecule has 3 rings (SSSR count). The van der Waals surface area contributed by atoms with E-state index in [9.17, 15) is 18.4 Å². The lowest BCUT2D eigenvalue weighted by Crippen LogP contribution is -2.25. The van der Waals surface area contributed by atoms with E-state index in [0.717, 1.165) is 28.5 Å². The van der Waals surface area contributed by atoms with E-state index in [0.29, 0.717) is 10.6 Å². The Labute approximate surface area is 195 Å². The number of amides is 1. The molecule has 2 aromatic carbocycles. The second-order valence-electron chi connectivity index (χ2n) is 7.80. The van der Waals surface area contributed by atoms with Crippen LogP contribution in [-0.2, 0) is 10.7 Å². The number of alkyl halides is 2. The number of carbonyl (C=O) groups excluding carboxylic acids is 1. The lowest BCUT2D eigenvalue weighted by Gasteiger charge is -2.16. The summed E-state index contributed by atoms with van der Waals surface area (Å²) in [6.07, 6.45) is -0.430. The van der Waals surface area contributed by atoms with Gasteiger partial charge >= 0.3 is 5.97 Å². The van der Waals surface area contributed by atoms with Crippen LogP contribution in [0.5, 0.6) is 5.75 Å². The van der Waals surface area contributed by atoms with Crippen LogP contribution in [0.2, 0.25) is 0 Å². The quantitative estimate of drug-likeness (QED) is 0.389. The predicted molar refractivity (Wildman–Crippen MR) is 124 cm³/mol. The average molecular weight is 474 g/mol. The van der Waals surface area contributed by atoms with Gasteiger partial charge in [0.25, 0.3) is 11.8 Å². The van der Waals surface area contributed by atoms with Crippen molar-refractivity contribution < 1.29 is 28.2 Å². The Bertz CT molecular complexity index is 1140. The fraction of sp³-hybridized carbons (Fsp3) is 0.280. The molecule has 0 aliphatic heterocycles. The summed E-state index contributed by atoms with van der Waals surface area (Å²) < 4.78 is 32.9. The lowest BCUT2D eigenvalue weighted by atomic mass is 9.98. The number of carboxylic acid groups (broad SMARTS) is 1. The summed E-state index contributed by atoms with van der Waals surface area (Å²) in [5, 5.41) is 11.2. The fourth-order valence-corrected chi connectivity index (χ4v) is 4.21. The van der Waals surface area contributed by atoms with E-state index in [2.05, 4.69) is 5.32 Å². The van der Waals surface area contributed by atoms with Crippen molar-refractivity contribution in [3.63, 3.8) is 0 Å². The number of hydrogen-bond donors (Lipinski definition) is 2. The van der Waals surface area contributed by atoms with Crippen LogP contribution in [-0.4, -0.2) is 23.5 Å². The molecule has 1 amide bonds. The summed E-state index contributed by atoms with van der Waals surface area (Å²) in [7, 11) is 0. The van der Waals surface area contributed by atoms with Gasteiger partial charge in [-0.1, -0.05) is 30.3 Å². The molecule has 33 heavy (non-hydrogen) atoms. The van der Waals surface area contributed by atoms with Crippen LogP contribution in [0, 0.1) is 6.92 Å². The summed E-state index contributed by atoms with van der Waals surface area (Å²) in [4.78, 5) is 24.0. The number of benzene rings is 2. The van der Waals surface area contributed by atoms with Gasteiger partial charge < -0.3 is 15.2 Å². The number of nitrogens with one attached hydrogen (secondary N) is 1. The van der Waals surface area contributed by atoms with Crippen molar-refractivity contribution in [2.24, 2.45) is 0 Å². The summed E-state index contributed by atoms with van der Waals surface area (Å²) in [6.45, 7) is 4.76. The summed E-state index contributed by atoms with van der Waals surface area (Å²) in [5.41, 5.74) is 2.69. The van der Waals surface area contributed by atoms with Crippen molar-refractivity contribution in [2.45, 2.75) is 39.2 Å². The summed E-state index contributed by atoms with van der Waals surface area (Å²) in [6, 6.07) is 15.4. The molecule has 0 aliphatic rings. The van der Waals surface area contributed by atoms with Gasteiger partial charge in [-0.3, -0.25) is 9.59 Å². The first-order chi connectivity index (χ1) is 15.5. The van der Waals surface area contributed by atoms with Crippen molar-refractivity contribution in [1.29, 1.82) is 0 Å². The minimum Gasteiger partial charge on any atom is -0.485 e. The Kier molecular flexibility index (Phi) is 7.48. The molecule has 174 valence electrons. The molecule has 0 spiro atoms. The highest BCUT2D eigenvalue weighted by molar-refractivity contribution is 7.14. The number of halogens is 2. The summed E-state index contributed by atoms with van der Waals surface area (Å²) >= 11 is 1.29. The zero-order chi connectivity index (χ0) is 24.2. The molecule has 3 aromatic rings. The average Bonchev–Trinajstić information content (AvgIpc) is 3.24. The fourth-order valence-electron chi connectivity index (χ4n) is 3.30. The minimum absolute atomic E-state index is 0.0245. The van der Waals surface area contributed by atoms with Crippen LogP contribution in [0.15, 0.2) is 54.6 Å². The Morgan fingerprint density at radius 2 is 1.82 bits per heavy atom. The number of carbonyl (C=O) groups is 2. The zero-order valence-corrected chi connectivity index (χ0v) is 19.3. The summed E-state index contributed by atoms with van der Waals surface area (Å²) in [5.74, 6) is -3.50. The topological polar surface area (TPSA) is 75.6 Å². The highest BCUT2D eigenvalue weighted by Crippen LogP contribution is 2.33. The van der Waals surface area contributed by atoms with Crippen LogP contribution >= 0.6 is 11.3 Å². The van der Waals surface area contributed by atoms with Gasteiger partial charge in [-0.2, -0.15) is 0 Å². The van der Waals surface area contributed by atoms with Gasteiger partial charge in [-0.25, -0.2) is 8.78 Å². The maximum Gasteiger partial charge on any atom is 0.305 e. The van der Waals surface area contributed by atoms with Gasteiger partial charge in [-0.15, -0.1) is 11.3 Å². The molecule has 1 aromatic heterocycles. The molecule has 1 unspecified atom stereocenters. The number of rotatable bonds is 9. The van der Waals surface area contributed by atoms with Crippen molar-refractivity contribution in [1.82, 2.24) is 5.32 Å². The maximum atomic E-state index is 13.5. The van der Waals surface area contributed by atoms with Crippen molar-refractivity contribution in [2.75, 3.05) is 6.54 Å². The molecule has 0 saturated heterocycles. The van der Waals surface area contributed by atoms with E-state index in [-0.39, 0.29) is 30.5 Å². The highest BCUT2D eigenvalue weighted by Gasteiger charge is 2.23. The van der Waals surface area contributed by atoms with E-state index in [1.54, 1.807) is 18.2 Å². The molecular formula is C25H25F2NO4S. The first-order valence-electron chi connectivity index (χ1n) is 10.4. The third-order valence-electron chi connectivity index (χ3n) is 5.09. The van der Waals surface area contributed by atoms with E-state index in [4.69, 9.17) is 9.84 Å². The van der Waals surface area contributed by atoms with Crippen molar-refractivity contribution in [3.05, 3.63) is 75.5 Å². The van der Waals surface area contributed by atoms with E-state index in [1.807, 2.05) is 38.1 Å². The number of aryl methyl sites for hydroxylation is 1. The van der Waals surface area contributed by atoms with Gasteiger partial charge in [0.15, 0.2) is 0 Å². The Hall–Kier alpha value is -3.26. The molecule has 5 nitrogen and oxygen atoms in total. The number of ether oxygens (including phenoxy) is 1. The maximum absolute atomic E-state index is 13.5. The molecule has 1 heterocycles. The van der Waals surface area contributed by atoms with E-state index in [1.165, 1.54) is 23.5 Å². The number of aliphatic carboxylic acids is 1. The Morgan fingerprint density at radius 3 is 2.42 bits per heavy atom. The molecule has 0 fully saturated rings. The highest BCUT2D eigenvalue weighted by atomic mass is 32.1. The third-order valence-corrected chi connectivity index (χ3v) is 6.33. The van der Waals surface area contributed by atoms with E-state index < -0.39 is 11.9 Å². The van der Waals surface area contributed by atoms with Gasteiger partial charge in [-0.05, 0) is 54.8 Å². The van der Waals surface area contributed by atoms with Crippen LogP contribution < -0.4 is 10.1 Å². The monoisotopic (exact) mass is 473 g/mol. The SMILES string of the molecule is Cc1cc(OC(C)c2ccc(C(=O)NCCC(=O)O)s2)ccc1-c1ccc(C(C)(F)F)cc1. The third kappa shape index (κ3) is 6.38. The molecule has 0 radical (unpaired) electrons. The standard InChI is InChI=1S/C25H25F2NO4S/c1-15-14-19(8-9-20(15)17-4-6-18(7-5-17)25(3,26)27)32-16(2)21-10-11-22(33-21)24(31)28-13-12-23(29)30/h4-11,14,16H,12-13H2,1-3H3,(H,28,31)(H,29,30). The molecule has 8 heteroatoms. The molecule has 0 saturated carbocycles. The van der Waals surface area contributed by atoms with E-state index >= 15 is 0 Å². The Balaban J connectivity index is 1.66. The molecule has 0 aliphatic carbocycles. The molecule has 1 atom stereocenters. The number of thiophene rings is 1. The first kappa shape index (κ1) is 24.4. The molecule has 0 bridgehead atoms.